The van der Waals surface area contributed by atoms with Gasteiger partial charge in [-0.05, 0) is 98.8 Å². The Bertz CT molecular complexity index is 1300. The van der Waals surface area contributed by atoms with Gasteiger partial charge in [0.1, 0.15) is 12.6 Å². The maximum absolute atomic E-state index is 13.7. The molecule has 0 radical (unpaired) electrons. The summed E-state index contributed by atoms with van der Waals surface area (Å²) in [5, 5.41) is 2.61. The minimum Gasteiger partial charge on any atom is -0.357 e. The van der Waals surface area contributed by atoms with Crippen LogP contribution >= 0.6 is 0 Å². The molecule has 1 atom stereocenters. The lowest BCUT2D eigenvalue weighted by molar-refractivity contribution is -0.139. The van der Waals surface area contributed by atoms with Gasteiger partial charge in [0.25, 0.3) is 0 Å². The quantitative estimate of drug-likeness (QED) is 0.501. The topological polar surface area (TPSA) is 86.8 Å². The van der Waals surface area contributed by atoms with Crippen molar-refractivity contribution in [2.75, 3.05) is 24.2 Å². The van der Waals surface area contributed by atoms with Crippen LogP contribution in [-0.2, 0) is 31.6 Å². The molecule has 0 aromatic heterocycles. The molecule has 0 aliphatic heterocycles. The number of hydrogen-bond acceptors (Lipinski definition) is 4. The monoisotopic (exact) mass is 551 g/mol. The Morgan fingerprint density at radius 2 is 1.59 bits per heavy atom. The summed E-state index contributed by atoms with van der Waals surface area (Å²) in [4.78, 5) is 27.6. The lowest BCUT2D eigenvalue weighted by atomic mass is 9.48. The van der Waals surface area contributed by atoms with E-state index in [1.165, 1.54) is 60.3 Å². The van der Waals surface area contributed by atoms with Gasteiger partial charge < -0.3 is 10.2 Å². The second-order valence-corrected chi connectivity index (χ2v) is 14.2. The van der Waals surface area contributed by atoms with Crippen LogP contribution < -0.4 is 9.62 Å². The van der Waals surface area contributed by atoms with Crippen LogP contribution in [0.2, 0.25) is 0 Å². The van der Waals surface area contributed by atoms with E-state index in [4.69, 9.17) is 0 Å². The van der Waals surface area contributed by atoms with Crippen LogP contribution in [0, 0.1) is 24.7 Å². The predicted octanol–water partition coefficient (Wildman–Crippen LogP) is 4.39. The molecular formula is C31H41N3O4S. The maximum Gasteiger partial charge on any atom is 0.244 e. The van der Waals surface area contributed by atoms with Crippen molar-refractivity contribution in [2.45, 2.75) is 70.4 Å². The van der Waals surface area contributed by atoms with Gasteiger partial charge in [0.2, 0.25) is 21.8 Å². The third-order valence-electron chi connectivity index (χ3n) is 9.33. The molecule has 8 heteroatoms. The van der Waals surface area contributed by atoms with E-state index in [0.29, 0.717) is 5.69 Å². The number of amides is 2. The van der Waals surface area contributed by atoms with Gasteiger partial charge in [0.05, 0.1) is 11.9 Å². The largest absolute Gasteiger partial charge is 0.357 e. The van der Waals surface area contributed by atoms with E-state index in [-0.39, 0.29) is 24.4 Å². The van der Waals surface area contributed by atoms with Gasteiger partial charge in [0.15, 0.2) is 0 Å². The summed E-state index contributed by atoms with van der Waals surface area (Å²) in [6.07, 6.45) is 8.94. The van der Waals surface area contributed by atoms with E-state index in [9.17, 15) is 18.0 Å². The fourth-order valence-corrected chi connectivity index (χ4v) is 8.71. The fraction of sp³-hybridized carbons (Fsp3) is 0.548. The number of nitrogens with one attached hydrogen (secondary N) is 1. The summed E-state index contributed by atoms with van der Waals surface area (Å²) in [7, 11) is -2.22. The second-order valence-electron chi connectivity index (χ2n) is 12.3. The maximum atomic E-state index is 13.7. The summed E-state index contributed by atoms with van der Waals surface area (Å²) in [5.74, 6) is 1.73. The highest BCUT2D eigenvalue weighted by Gasteiger charge is 2.51. The van der Waals surface area contributed by atoms with Gasteiger partial charge in [-0.3, -0.25) is 13.9 Å². The van der Waals surface area contributed by atoms with Crippen molar-refractivity contribution in [2.24, 2.45) is 17.8 Å². The van der Waals surface area contributed by atoms with Gasteiger partial charge in [-0.1, -0.05) is 42.0 Å². The minimum absolute atomic E-state index is 0.206. The first-order valence-corrected chi connectivity index (χ1v) is 16.0. The van der Waals surface area contributed by atoms with Crippen LogP contribution in [0.4, 0.5) is 5.69 Å². The Morgan fingerprint density at radius 3 is 2.10 bits per heavy atom. The number of anilines is 1. The number of aryl methyl sites for hydroxylation is 1. The molecule has 7 nitrogen and oxygen atoms in total. The molecule has 39 heavy (non-hydrogen) atoms. The molecule has 4 aliphatic carbocycles. The van der Waals surface area contributed by atoms with Crippen LogP contribution in [0.5, 0.6) is 0 Å². The smallest absolute Gasteiger partial charge is 0.244 e. The van der Waals surface area contributed by atoms with Crippen molar-refractivity contribution in [3.63, 3.8) is 0 Å². The first kappa shape index (κ1) is 27.7. The van der Waals surface area contributed by atoms with Crippen LogP contribution in [0.1, 0.15) is 62.1 Å². The van der Waals surface area contributed by atoms with E-state index < -0.39 is 22.0 Å². The Hall–Kier alpha value is -2.87. The molecule has 2 aromatic rings. The Balaban J connectivity index is 1.39. The van der Waals surface area contributed by atoms with Crippen molar-refractivity contribution in [1.82, 2.24) is 10.2 Å². The van der Waals surface area contributed by atoms with Crippen LogP contribution in [0.25, 0.3) is 0 Å². The fourth-order valence-electron chi connectivity index (χ4n) is 7.86. The molecule has 4 bridgehead atoms. The van der Waals surface area contributed by atoms with Crippen molar-refractivity contribution >= 4 is 27.5 Å². The molecule has 0 saturated heterocycles. The van der Waals surface area contributed by atoms with Crippen molar-refractivity contribution in [3.05, 3.63) is 65.2 Å². The van der Waals surface area contributed by atoms with E-state index in [0.717, 1.165) is 35.1 Å². The van der Waals surface area contributed by atoms with Crippen LogP contribution in [0.15, 0.2) is 48.5 Å². The lowest BCUT2D eigenvalue weighted by Gasteiger charge is -2.57. The highest BCUT2D eigenvalue weighted by molar-refractivity contribution is 7.92. The van der Waals surface area contributed by atoms with Crippen molar-refractivity contribution in [1.29, 1.82) is 0 Å². The molecule has 4 aliphatic rings. The van der Waals surface area contributed by atoms with E-state index in [2.05, 4.69) is 17.4 Å². The number of carbonyl (C=O) groups excluding carboxylic acids is 2. The van der Waals surface area contributed by atoms with Crippen LogP contribution in [0.3, 0.4) is 0 Å². The van der Waals surface area contributed by atoms with Gasteiger partial charge in [-0.25, -0.2) is 8.42 Å². The van der Waals surface area contributed by atoms with Gasteiger partial charge in [-0.2, -0.15) is 0 Å². The number of likely N-dealkylation sites (N-methyl/N-ethyl adjacent to an activating group) is 1. The van der Waals surface area contributed by atoms with E-state index in [1.54, 1.807) is 6.92 Å². The normalized spacial score (nSPS) is 26.2. The second kappa shape index (κ2) is 10.6. The highest BCUT2D eigenvalue weighted by atomic mass is 32.2. The third kappa shape index (κ3) is 5.72. The first-order chi connectivity index (χ1) is 18.5. The summed E-state index contributed by atoms with van der Waals surface area (Å²) >= 11 is 0. The lowest BCUT2D eigenvalue weighted by Crippen LogP contribution is -2.50. The summed E-state index contributed by atoms with van der Waals surface area (Å²) < 4.78 is 27.0. The molecule has 4 saturated carbocycles. The minimum atomic E-state index is -3.75. The molecule has 1 N–H and O–H groups in total. The number of rotatable bonds is 9. The predicted molar refractivity (Wildman–Crippen MR) is 154 cm³/mol. The van der Waals surface area contributed by atoms with Gasteiger partial charge >= 0.3 is 0 Å². The zero-order valence-corrected chi connectivity index (χ0v) is 24.3. The first-order valence-electron chi connectivity index (χ1n) is 14.1. The van der Waals surface area contributed by atoms with Gasteiger partial charge in [0, 0.05) is 13.6 Å². The Labute approximate surface area is 233 Å². The molecule has 210 valence electrons. The standard InChI is InChI=1S/C31H41N3O4S/c1-21-6-5-7-23(12-21)19-33(22(2)30(36)32-3)29(35)20-34(39(4,37)38)28-10-8-27(9-11-28)31-16-24-13-25(17-31)15-26(14-24)18-31/h5-12,22,24-26H,13-20H2,1-4H3,(H,32,36)/t22-,24?,25?,26?,31?/m1/s1. The summed E-state index contributed by atoms with van der Waals surface area (Å²) in [6.45, 7) is 3.47. The molecule has 0 heterocycles. The van der Waals surface area contributed by atoms with E-state index in [1.807, 2.05) is 43.3 Å². The Morgan fingerprint density at radius 1 is 1.00 bits per heavy atom. The molecule has 6 rings (SSSR count). The zero-order chi connectivity index (χ0) is 27.9. The number of carbonyl (C=O) groups is 2. The number of nitrogens with zero attached hydrogens (tertiary/aromatic N) is 2. The van der Waals surface area contributed by atoms with Crippen LogP contribution in [-0.4, -0.2) is 51.0 Å². The molecular weight excluding hydrogens is 510 g/mol. The molecule has 2 aromatic carbocycles. The summed E-state index contributed by atoms with van der Waals surface area (Å²) in [5.41, 5.74) is 3.92. The summed E-state index contributed by atoms with van der Waals surface area (Å²) in [6, 6.07) is 14.9. The van der Waals surface area contributed by atoms with E-state index >= 15 is 0 Å². The molecule has 2 amide bonds. The molecule has 0 unspecified atom stereocenters. The number of hydrogen-bond donors (Lipinski definition) is 1. The number of benzene rings is 2. The van der Waals surface area contributed by atoms with Gasteiger partial charge in [-0.15, -0.1) is 0 Å². The average molecular weight is 552 g/mol. The SMILES string of the molecule is CNC(=O)[C@@H](C)N(Cc1cccc(C)c1)C(=O)CN(c1ccc(C23CC4CC(CC(C4)C2)C3)cc1)S(C)(=O)=O. The third-order valence-corrected chi connectivity index (χ3v) is 10.5. The van der Waals surface area contributed by atoms with Crippen molar-refractivity contribution < 1.29 is 18.0 Å². The molecule has 4 fully saturated rings. The molecule has 0 spiro atoms. The number of sulfonamides is 1. The average Bonchev–Trinajstić information content (AvgIpc) is 2.88. The zero-order valence-electron chi connectivity index (χ0n) is 23.5. The van der Waals surface area contributed by atoms with Crippen molar-refractivity contribution in [3.8, 4) is 0 Å². The Kier molecular flexibility index (Phi) is 7.53. The highest BCUT2D eigenvalue weighted by Crippen LogP contribution is 2.60.